The van der Waals surface area contributed by atoms with Gasteiger partial charge in [-0.05, 0) is 60.6 Å². The molecule has 2 N–H and O–H groups in total. The van der Waals surface area contributed by atoms with Crippen molar-refractivity contribution in [2.24, 2.45) is 5.41 Å². The number of fused-ring (bicyclic) bond motifs is 1. The average Bonchev–Trinajstić information content (AvgIpc) is 3.82. The second-order valence-electron chi connectivity index (χ2n) is 12.6. The van der Waals surface area contributed by atoms with Gasteiger partial charge < -0.3 is 37.7 Å². The first kappa shape index (κ1) is 35.2. The minimum Gasteiger partial charge on any atom is -0.462 e. The van der Waals surface area contributed by atoms with Crippen molar-refractivity contribution in [1.82, 2.24) is 0 Å². The van der Waals surface area contributed by atoms with Crippen LogP contribution in [0.25, 0.3) is 0 Å². The third-order valence-corrected chi connectivity index (χ3v) is 8.84. The molecule has 0 saturated carbocycles. The van der Waals surface area contributed by atoms with Gasteiger partial charge in [0.25, 0.3) is 0 Å². The highest BCUT2D eigenvalue weighted by atomic mass is 16.6. The van der Waals surface area contributed by atoms with E-state index in [0.29, 0.717) is 17.1 Å². The predicted octanol–water partition coefficient (Wildman–Crippen LogP) is 6.39. The van der Waals surface area contributed by atoms with Crippen LogP contribution in [0.1, 0.15) is 99.8 Å². The molecule has 0 aromatic carbocycles. The van der Waals surface area contributed by atoms with Gasteiger partial charge in [0.2, 0.25) is 0 Å². The standard InChI is InChI=1S/C36H42O11/c1-9-35(6,7)22(5)34(41)44-18-25-12-11-24(45-25)17-42-32(39)20(3)29(37)27-13-14-28(47-27)30(38)21(4)33(40)43-19-26-15-23-16-36(8,10-2)31(23)46-26/h11-15,29-30,37-38H,3-5,9-10,16-19H2,1-2,6-8H3. The topological polar surface area (TPSA) is 159 Å². The van der Waals surface area contributed by atoms with Crippen molar-refractivity contribution in [3.8, 4) is 0 Å². The third kappa shape index (κ3) is 7.69. The maximum absolute atomic E-state index is 12.6. The second-order valence-corrected chi connectivity index (χ2v) is 12.6. The average molecular weight is 651 g/mol. The van der Waals surface area contributed by atoms with Gasteiger partial charge in [-0.2, -0.15) is 0 Å². The van der Waals surface area contributed by atoms with E-state index in [9.17, 15) is 24.6 Å². The highest BCUT2D eigenvalue weighted by Crippen LogP contribution is 2.45. The summed E-state index contributed by atoms with van der Waals surface area (Å²) < 4.78 is 32.7. The van der Waals surface area contributed by atoms with Crippen molar-refractivity contribution in [2.75, 3.05) is 0 Å². The lowest BCUT2D eigenvalue weighted by Gasteiger charge is -2.35. The zero-order valence-electron chi connectivity index (χ0n) is 27.5. The van der Waals surface area contributed by atoms with Crippen LogP contribution in [-0.4, -0.2) is 28.1 Å². The molecule has 3 heterocycles. The molecule has 3 unspecified atom stereocenters. The molecule has 3 atom stereocenters. The second kappa shape index (κ2) is 14.0. The maximum Gasteiger partial charge on any atom is 0.336 e. The number of furan rings is 3. The molecule has 0 amide bonds. The zero-order chi connectivity index (χ0) is 34.7. The molecular formula is C36H42O11. The number of aliphatic hydroxyl groups excluding tert-OH is 2. The highest BCUT2D eigenvalue weighted by molar-refractivity contribution is 5.90. The molecule has 252 valence electrons. The quantitative estimate of drug-likeness (QED) is 0.100. The molecular weight excluding hydrogens is 608 g/mol. The highest BCUT2D eigenvalue weighted by Gasteiger charge is 2.41. The van der Waals surface area contributed by atoms with E-state index in [-0.39, 0.29) is 53.7 Å². The van der Waals surface area contributed by atoms with E-state index in [4.69, 9.17) is 27.5 Å². The third-order valence-electron chi connectivity index (χ3n) is 8.84. The van der Waals surface area contributed by atoms with E-state index in [0.717, 1.165) is 30.6 Å². The van der Waals surface area contributed by atoms with Crippen LogP contribution in [0.4, 0.5) is 0 Å². The van der Waals surface area contributed by atoms with Crippen LogP contribution in [-0.2, 0) is 60.3 Å². The summed E-state index contributed by atoms with van der Waals surface area (Å²) in [7, 11) is 0. The molecule has 47 heavy (non-hydrogen) atoms. The summed E-state index contributed by atoms with van der Waals surface area (Å²) >= 11 is 0. The number of esters is 3. The van der Waals surface area contributed by atoms with Crippen LogP contribution in [0.2, 0.25) is 0 Å². The molecule has 1 aliphatic carbocycles. The molecule has 0 fully saturated rings. The largest absolute Gasteiger partial charge is 0.462 e. The Morgan fingerprint density at radius 1 is 0.809 bits per heavy atom. The van der Waals surface area contributed by atoms with Gasteiger partial charge in [-0.15, -0.1) is 0 Å². The molecule has 11 heteroatoms. The summed E-state index contributed by atoms with van der Waals surface area (Å²) in [6, 6.07) is 7.64. The summed E-state index contributed by atoms with van der Waals surface area (Å²) in [5, 5.41) is 21.3. The van der Waals surface area contributed by atoms with E-state index >= 15 is 0 Å². The van der Waals surface area contributed by atoms with Crippen LogP contribution in [0.3, 0.4) is 0 Å². The Bertz CT molecular complexity index is 1680. The number of aliphatic hydroxyl groups is 2. The molecule has 0 bridgehead atoms. The van der Waals surface area contributed by atoms with Gasteiger partial charge in [0.05, 0.1) is 11.1 Å². The normalized spacial score (nSPS) is 16.7. The van der Waals surface area contributed by atoms with Crippen molar-refractivity contribution in [3.63, 3.8) is 0 Å². The summed E-state index contributed by atoms with van der Waals surface area (Å²) in [4.78, 5) is 37.4. The minimum atomic E-state index is -1.61. The number of carbonyl (C=O) groups excluding carboxylic acids is 3. The van der Waals surface area contributed by atoms with Crippen LogP contribution < -0.4 is 0 Å². The molecule has 0 radical (unpaired) electrons. The molecule has 4 rings (SSSR count). The van der Waals surface area contributed by atoms with Gasteiger partial charge in [0.15, 0.2) is 0 Å². The Labute approximate surface area is 273 Å². The Morgan fingerprint density at radius 2 is 1.30 bits per heavy atom. The van der Waals surface area contributed by atoms with Gasteiger partial charge in [-0.25, -0.2) is 14.4 Å². The fourth-order valence-corrected chi connectivity index (χ4v) is 4.86. The first-order chi connectivity index (χ1) is 22.1. The Morgan fingerprint density at radius 3 is 1.79 bits per heavy atom. The predicted molar refractivity (Wildman–Crippen MR) is 168 cm³/mol. The number of hydrogen-bond acceptors (Lipinski definition) is 11. The summed E-state index contributed by atoms with van der Waals surface area (Å²) in [6.45, 7) is 20.5. The van der Waals surface area contributed by atoms with Crippen molar-refractivity contribution in [3.05, 3.63) is 107 Å². The number of rotatable bonds is 16. The molecule has 0 spiro atoms. The lowest BCUT2D eigenvalue weighted by molar-refractivity contribution is -0.143. The van der Waals surface area contributed by atoms with Gasteiger partial charge in [-0.1, -0.05) is 54.4 Å². The van der Waals surface area contributed by atoms with Gasteiger partial charge in [0.1, 0.15) is 66.6 Å². The zero-order valence-corrected chi connectivity index (χ0v) is 27.5. The summed E-state index contributed by atoms with van der Waals surface area (Å²) in [6.07, 6.45) is -0.624. The van der Waals surface area contributed by atoms with Crippen LogP contribution in [0.5, 0.6) is 0 Å². The molecule has 3 aromatic heterocycles. The molecule has 11 nitrogen and oxygen atoms in total. The first-order valence-corrected chi connectivity index (χ1v) is 15.3. The number of carbonyl (C=O) groups is 3. The van der Waals surface area contributed by atoms with Crippen molar-refractivity contribution < 1.29 is 52.1 Å². The Hall–Kier alpha value is -4.61. The minimum absolute atomic E-state index is 0.00800. The monoisotopic (exact) mass is 650 g/mol. The maximum atomic E-state index is 12.6. The van der Waals surface area contributed by atoms with E-state index < -0.39 is 35.5 Å². The molecule has 0 saturated heterocycles. The number of ether oxygens (including phenoxy) is 3. The van der Waals surface area contributed by atoms with Crippen LogP contribution >= 0.6 is 0 Å². The fraction of sp³-hybridized carbons (Fsp3) is 0.417. The van der Waals surface area contributed by atoms with E-state index in [1.807, 2.05) is 26.8 Å². The van der Waals surface area contributed by atoms with E-state index in [2.05, 4.69) is 33.6 Å². The van der Waals surface area contributed by atoms with Crippen LogP contribution in [0, 0.1) is 5.41 Å². The molecule has 3 aromatic rings. The molecule has 0 aliphatic heterocycles. The van der Waals surface area contributed by atoms with Gasteiger partial charge >= 0.3 is 17.9 Å². The number of hydrogen-bond donors (Lipinski definition) is 2. The van der Waals surface area contributed by atoms with Gasteiger partial charge in [0, 0.05) is 11.0 Å². The van der Waals surface area contributed by atoms with Crippen molar-refractivity contribution in [2.45, 2.75) is 91.3 Å². The summed E-state index contributed by atoms with van der Waals surface area (Å²) in [5.74, 6) is -0.522. The van der Waals surface area contributed by atoms with E-state index in [1.165, 1.54) is 12.1 Å². The lowest BCUT2D eigenvalue weighted by atomic mass is 9.68. The van der Waals surface area contributed by atoms with Crippen molar-refractivity contribution >= 4 is 17.9 Å². The molecule has 1 aliphatic rings. The fourth-order valence-electron chi connectivity index (χ4n) is 4.86. The van der Waals surface area contributed by atoms with Crippen molar-refractivity contribution in [1.29, 1.82) is 0 Å². The van der Waals surface area contributed by atoms with Gasteiger partial charge in [-0.3, -0.25) is 0 Å². The first-order valence-electron chi connectivity index (χ1n) is 15.3. The Kier molecular flexibility index (Phi) is 10.5. The smallest absolute Gasteiger partial charge is 0.336 e. The lowest BCUT2D eigenvalue weighted by Crippen LogP contribution is -2.33. The Balaban J connectivity index is 1.24. The SMILES string of the molecule is C=C(C(=O)OCc1ccc(COC(=O)C(=C)C(C)(C)CC)o1)C(O)c1ccc(C(O)C(=C)C(=O)OCc2cc3c(o2)C(C)(CC)C3)o1. The van der Waals surface area contributed by atoms with E-state index in [1.54, 1.807) is 12.1 Å². The van der Waals surface area contributed by atoms with Crippen LogP contribution in [0.15, 0.2) is 80.0 Å². The summed E-state index contributed by atoms with van der Waals surface area (Å²) in [5.41, 5.74) is 0.412.